The van der Waals surface area contributed by atoms with E-state index in [0.29, 0.717) is 11.3 Å². The number of anilines is 1. The number of carbonyl (C=O) groups is 1. The largest absolute Gasteiger partial charge is 0.374 e. The molecule has 4 rings (SSSR count). The number of fused-ring (bicyclic) bond motifs is 1. The summed E-state index contributed by atoms with van der Waals surface area (Å²) in [5.41, 5.74) is 9.71. The van der Waals surface area contributed by atoms with Crippen LogP contribution in [0.3, 0.4) is 0 Å². The minimum Gasteiger partial charge on any atom is -0.374 e. The average molecular weight is 418 g/mol. The first-order valence-corrected chi connectivity index (χ1v) is 9.15. The second-order valence-corrected chi connectivity index (χ2v) is 6.76. The molecule has 1 amide bonds. The Labute approximate surface area is 175 Å². The number of nitro benzene ring substituents is 1. The van der Waals surface area contributed by atoms with Gasteiger partial charge in [0.25, 0.3) is 5.69 Å². The summed E-state index contributed by atoms with van der Waals surface area (Å²) in [5, 5.41) is 22.0. The Balaban J connectivity index is 1.69. The van der Waals surface area contributed by atoms with Gasteiger partial charge in [-0.1, -0.05) is 30.3 Å². The van der Waals surface area contributed by atoms with Crippen LogP contribution in [0.15, 0.2) is 76.9 Å². The van der Waals surface area contributed by atoms with Crippen LogP contribution >= 0.6 is 12.2 Å². The standard InChI is InChI=1S/C20H14N6O3S/c21-20(30)25-19(27)18(17(24-25)13-6-9-16(10-7-13)26(28)29)23-22-15-8-5-12-3-1-2-4-14(12)11-15/h1-11,22H,(H2,21,30)/b23-18+. The lowest BCUT2D eigenvalue weighted by Crippen LogP contribution is -2.36. The fraction of sp³-hybridized carbons (Fsp3) is 0. The molecule has 3 N–H and O–H groups in total. The molecule has 0 bridgehead atoms. The lowest BCUT2D eigenvalue weighted by molar-refractivity contribution is -0.384. The molecule has 3 aromatic carbocycles. The summed E-state index contributed by atoms with van der Waals surface area (Å²) in [7, 11) is 0. The van der Waals surface area contributed by atoms with Gasteiger partial charge in [-0.3, -0.25) is 20.3 Å². The van der Waals surface area contributed by atoms with Crippen LogP contribution in [0.5, 0.6) is 0 Å². The van der Waals surface area contributed by atoms with Crippen molar-refractivity contribution in [3.05, 3.63) is 82.4 Å². The van der Waals surface area contributed by atoms with Gasteiger partial charge in [0.05, 0.1) is 10.6 Å². The lowest BCUT2D eigenvalue weighted by Gasteiger charge is -2.07. The van der Waals surface area contributed by atoms with Crippen LogP contribution in [0.25, 0.3) is 10.8 Å². The van der Waals surface area contributed by atoms with E-state index in [1.54, 1.807) is 0 Å². The van der Waals surface area contributed by atoms with Crippen LogP contribution in [0.2, 0.25) is 0 Å². The van der Waals surface area contributed by atoms with Gasteiger partial charge in [0, 0.05) is 17.7 Å². The number of hydrazone groups is 2. The van der Waals surface area contributed by atoms with Gasteiger partial charge in [-0.2, -0.15) is 15.2 Å². The number of hydrogen-bond donors (Lipinski definition) is 2. The first-order valence-electron chi connectivity index (χ1n) is 8.74. The van der Waals surface area contributed by atoms with E-state index in [1.807, 2.05) is 42.5 Å². The van der Waals surface area contributed by atoms with E-state index < -0.39 is 10.8 Å². The Bertz CT molecular complexity index is 1250. The van der Waals surface area contributed by atoms with Crippen molar-refractivity contribution < 1.29 is 9.72 Å². The molecule has 0 unspecified atom stereocenters. The van der Waals surface area contributed by atoms with Crippen molar-refractivity contribution >= 4 is 56.8 Å². The fourth-order valence-corrected chi connectivity index (χ4v) is 3.08. The number of benzene rings is 3. The molecule has 0 spiro atoms. The van der Waals surface area contributed by atoms with Gasteiger partial charge in [-0.25, -0.2) is 0 Å². The first kappa shape index (κ1) is 19.2. The zero-order chi connectivity index (χ0) is 21.3. The Kier molecular flexibility index (Phi) is 4.90. The fourth-order valence-electron chi connectivity index (χ4n) is 2.96. The van der Waals surface area contributed by atoms with E-state index in [4.69, 9.17) is 18.0 Å². The van der Waals surface area contributed by atoms with E-state index in [0.717, 1.165) is 15.8 Å². The summed E-state index contributed by atoms with van der Waals surface area (Å²) < 4.78 is 0. The van der Waals surface area contributed by atoms with Gasteiger partial charge in [0.1, 0.15) is 5.71 Å². The van der Waals surface area contributed by atoms with E-state index in [2.05, 4.69) is 15.6 Å². The molecule has 0 saturated carbocycles. The third-order valence-corrected chi connectivity index (χ3v) is 4.60. The highest BCUT2D eigenvalue weighted by Crippen LogP contribution is 2.21. The number of nitro groups is 1. The molecule has 9 nitrogen and oxygen atoms in total. The lowest BCUT2D eigenvalue weighted by atomic mass is 10.1. The topological polar surface area (TPSA) is 126 Å². The highest BCUT2D eigenvalue weighted by Gasteiger charge is 2.34. The highest BCUT2D eigenvalue weighted by atomic mass is 32.1. The number of amides is 1. The monoisotopic (exact) mass is 418 g/mol. The maximum Gasteiger partial charge on any atom is 0.303 e. The highest BCUT2D eigenvalue weighted by molar-refractivity contribution is 7.80. The first-order chi connectivity index (χ1) is 14.4. The molecule has 1 aliphatic heterocycles. The molecule has 1 heterocycles. The van der Waals surface area contributed by atoms with Gasteiger partial charge < -0.3 is 5.73 Å². The summed E-state index contributed by atoms with van der Waals surface area (Å²) in [5.74, 6) is -0.593. The van der Waals surface area contributed by atoms with Crippen molar-refractivity contribution in [3.8, 4) is 0 Å². The summed E-state index contributed by atoms with van der Waals surface area (Å²) in [6.45, 7) is 0. The van der Waals surface area contributed by atoms with E-state index >= 15 is 0 Å². The molecule has 1 aliphatic rings. The number of nitrogens with one attached hydrogen (secondary N) is 1. The van der Waals surface area contributed by atoms with Gasteiger partial charge >= 0.3 is 5.91 Å². The van der Waals surface area contributed by atoms with Crippen LogP contribution in [0.4, 0.5) is 11.4 Å². The number of non-ortho nitro benzene ring substituents is 1. The van der Waals surface area contributed by atoms with Crippen LogP contribution in [-0.2, 0) is 4.79 Å². The van der Waals surface area contributed by atoms with Crippen molar-refractivity contribution in [3.63, 3.8) is 0 Å². The Hall–Kier alpha value is -4.18. The van der Waals surface area contributed by atoms with Gasteiger partial charge in [0.2, 0.25) is 0 Å². The summed E-state index contributed by atoms with van der Waals surface area (Å²) >= 11 is 4.88. The molecule has 148 valence electrons. The van der Waals surface area contributed by atoms with E-state index in [9.17, 15) is 14.9 Å². The molecule has 0 radical (unpaired) electrons. The minimum atomic E-state index is -0.593. The molecular formula is C20H14N6O3S. The number of nitrogens with zero attached hydrogens (tertiary/aromatic N) is 4. The Morgan fingerprint density at radius 3 is 2.47 bits per heavy atom. The van der Waals surface area contributed by atoms with E-state index in [-0.39, 0.29) is 22.2 Å². The van der Waals surface area contributed by atoms with Crippen molar-refractivity contribution in [2.75, 3.05) is 5.43 Å². The zero-order valence-electron chi connectivity index (χ0n) is 15.4. The van der Waals surface area contributed by atoms with Crippen molar-refractivity contribution in [2.24, 2.45) is 15.9 Å². The summed E-state index contributed by atoms with van der Waals surface area (Å²) in [6, 6.07) is 19.1. The zero-order valence-corrected chi connectivity index (χ0v) is 16.2. The number of hydrogen-bond acceptors (Lipinski definition) is 7. The molecule has 0 atom stereocenters. The minimum absolute atomic E-state index is 0.00943. The number of thiocarbonyl (C=S) groups is 1. The van der Waals surface area contributed by atoms with E-state index in [1.165, 1.54) is 24.3 Å². The van der Waals surface area contributed by atoms with Crippen molar-refractivity contribution in [2.45, 2.75) is 0 Å². The molecule has 0 aliphatic carbocycles. The molecule has 3 aromatic rings. The van der Waals surface area contributed by atoms with Crippen LogP contribution in [0.1, 0.15) is 5.56 Å². The number of rotatable bonds is 4. The predicted molar refractivity (Wildman–Crippen MR) is 118 cm³/mol. The van der Waals surface area contributed by atoms with Crippen LogP contribution in [0, 0.1) is 10.1 Å². The maximum absolute atomic E-state index is 12.7. The second-order valence-electron chi connectivity index (χ2n) is 6.34. The Morgan fingerprint density at radius 1 is 1.10 bits per heavy atom. The van der Waals surface area contributed by atoms with Gasteiger partial charge in [-0.15, -0.1) is 0 Å². The van der Waals surface area contributed by atoms with Gasteiger partial charge in [0.15, 0.2) is 10.8 Å². The maximum atomic E-state index is 12.7. The number of carbonyl (C=O) groups excluding carboxylic acids is 1. The molecular weight excluding hydrogens is 404 g/mol. The molecule has 0 saturated heterocycles. The average Bonchev–Trinajstić information content (AvgIpc) is 3.08. The molecule has 0 aromatic heterocycles. The number of nitrogens with two attached hydrogens (primary N) is 1. The smallest absolute Gasteiger partial charge is 0.303 e. The normalized spacial score (nSPS) is 14.8. The molecule has 0 fully saturated rings. The van der Waals surface area contributed by atoms with Crippen molar-refractivity contribution in [1.82, 2.24) is 5.01 Å². The summed E-state index contributed by atoms with van der Waals surface area (Å²) in [6.07, 6.45) is 0. The quantitative estimate of drug-likeness (QED) is 0.381. The van der Waals surface area contributed by atoms with Gasteiger partial charge in [-0.05, 0) is 47.3 Å². The van der Waals surface area contributed by atoms with Crippen molar-refractivity contribution in [1.29, 1.82) is 0 Å². The summed E-state index contributed by atoms with van der Waals surface area (Å²) in [4.78, 5) is 23.1. The molecule has 10 heteroatoms. The predicted octanol–water partition coefficient (Wildman–Crippen LogP) is 3.01. The van der Waals surface area contributed by atoms with Crippen LogP contribution in [-0.4, -0.2) is 32.4 Å². The Morgan fingerprint density at radius 2 is 1.80 bits per heavy atom. The second kappa shape index (κ2) is 7.68. The third kappa shape index (κ3) is 3.59. The third-order valence-electron chi connectivity index (χ3n) is 4.43. The molecule has 30 heavy (non-hydrogen) atoms. The SMILES string of the molecule is NC(=S)N1N=C(c2ccc([N+](=O)[O-])cc2)/C(=N\Nc2ccc3ccccc3c2)C1=O. The van der Waals surface area contributed by atoms with Crippen LogP contribution < -0.4 is 11.2 Å².